The molecule has 0 aliphatic rings. The summed E-state index contributed by atoms with van der Waals surface area (Å²) in [6.07, 6.45) is 3.80. The molecule has 16 heteroatoms. The van der Waals surface area contributed by atoms with Crippen molar-refractivity contribution < 1.29 is 24.6 Å². The van der Waals surface area contributed by atoms with E-state index in [9.17, 15) is 24.3 Å². The number of rotatable bonds is 10. The Labute approximate surface area is 206 Å². The van der Waals surface area contributed by atoms with E-state index < -0.39 is 35.9 Å². The first-order chi connectivity index (χ1) is 17.7. The average molecular weight is 508 g/mol. The zero-order chi connectivity index (χ0) is 26.5. The number of nitrogen functional groups attached to an aromatic ring is 1. The number of nitrogens with zero attached hydrogens (tertiary/aromatic N) is 7. The molecule has 0 saturated carbocycles. The molecule has 0 fully saturated rings. The maximum atomic E-state index is 12.6. The van der Waals surface area contributed by atoms with E-state index in [0.717, 1.165) is 0 Å². The summed E-state index contributed by atoms with van der Waals surface area (Å²) in [5, 5.41) is 29.8. The number of carboxylic acids is 2. The molecule has 3 aromatic heterocycles. The van der Waals surface area contributed by atoms with Gasteiger partial charge in [0.2, 0.25) is 5.95 Å². The van der Waals surface area contributed by atoms with Crippen LogP contribution in [0.2, 0.25) is 0 Å². The Morgan fingerprint density at radius 1 is 1.16 bits per heavy atom. The van der Waals surface area contributed by atoms with Crippen LogP contribution in [0.4, 0.5) is 11.6 Å². The third-order valence-electron chi connectivity index (χ3n) is 5.13. The maximum absolute atomic E-state index is 12.6. The molecule has 1 amide bonds. The standard InChI is InChI=1S/C21H20N10O6/c22-21-27-17-16(19(35)28-21)25-12(9-23-17)10-30(31-8-7-24-29-31)13-3-1-11(2-4-13)18(34)26-14(20(36)37)5-6-15(32)33/h1-4,7-9,14H,5-6,10H2,(H,26,34)(H,32,33)(H,36,37)(H3,22,23,27,28,35)/t14-/m0/s1. The van der Waals surface area contributed by atoms with Crippen LogP contribution in [0.15, 0.2) is 47.7 Å². The van der Waals surface area contributed by atoms with Crippen molar-refractivity contribution in [2.45, 2.75) is 25.4 Å². The molecule has 6 N–H and O–H groups in total. The van der Waals surface area contributed by atoms with Gasteiger partial charge in [-0.05, 0) is 35.9 Å². The van der Waals surface area contributed by atoms with Crippen molar-refractivity contribution >= 4 is 40.6 Å². The molecule has 1 aromatic carbocycles. The van der Waals surface area contributed by atoms with Gasteiger partial charge in [-0.15, -0.1) is 5.10 Å². The van der Waals surface area contributed by atoms with Crippen LogP contribution in [0, 0.1) is 0 Å². The van der Waals surface area contributed by atoms with E-state index in [1.54, 1.807) is 23.3 Å². The van der Waals surface area contributed by atoms with Gasteiger partial charge in [-0.1, -0.05) is 0 Å². The largest absolute Gasteiger partial charge is 0.481 e. The number of carbonyl (C=O) groups excluding carboxylic acids is 1. The Bertz CT molecular complexity index is 1500. The highest BCUT2D eigenvalue weighted by molar-refractivity contribution is 5.97. The number of carboxylic acid groups (broad SMARTS) is 2. The van der Waals surface area contributed by atoms with Crippen molar-refractivity contribution in [2.24, 2.45) is 0 Å². The van der Waals surface area contributed by atoms with E-state index >= 15 is 0 Å². The quantitative estimate of drug-likeness (QED) is 0.180. The summed E-state index contributed by atoms with van der Waals surface area (Å²) in [4.78, 5) is 63.1. The van der Waals surface area contributed by atoms with Crippen LogP contribution in [-0.2, 0) is 16.1 Å². The molecule has 190 valence electrons. The highest BCUT2D eigenvalue weighted by Gasteiger charge is 2.22. The molecule has 0 aliphatic carbocycles. The van der Waals surface area contributed by atoms with Crippen LogP contribution in [0.1, 0.15) is 28.9 Å². The number of amides is 1. The molecule has 3 heterocycles. The van der Waals surface area contributed by atoms with Gasteiger partial charge in [0.15, 0.2) is 11.2 Å². The summed E-state index contributed by atoms with van der Waals surface area (Å²) in [6, 6.07) is 4.76. The number of nitrogens with one attached hydrogen (secondary N) is 2. The minimum atomic E-state index is -1.35. The zero-order valence-corrected chi connectivity index (χ0v) is 19.0. The summed E-state index contributed by atoms with van der Waals surface area (Å²) in [5.41, 5.74) is 6.20. The number of carbonyl (C=O) groups is 3. The van der Waals surface area contributed by atoms with Crippen LogP contribution in [0.5, 0.6) is 0 Å². The third-order valence-corrected chi connectivity index (χ3v) is 5.13. The highest BCUT2D eigenvalue weighted by atomic mass is 16.4. The second kappa shape index (κ2) is 10.5. The second-order valence-electron chi connectivity index (χ2n) is 7.71. The zero-order valence-electron chi connectivity index (χ0n) is 19.0. The van der Waals surface area contributed by atoms with E-state index in [4.69, 9.17) is 10.8 Å². The number of aliphatic carboxylic acids is 2. The molecular weight excluding hydrogens is 488 g/mol. The lowest BCUT2D eigenvalue weighted by atomic mass is 10.1. The van der Waals surface area contributed by atoms with Gasteiger partial charge in [-0.2, -0.15) is 9.77 Å². The van der Waals surface area contributed by atoms with Gasteiger partial charge in [-0.3, -0.25) is 24.4 Å². The van der Waals surface area contributed by atoms with Crippen molar-refractivity contribution in [3.63, 3.8) is 0 Å². The second-order valence-corrected chi connectivity index (χ2v) is 7.71. The topological polar surface area (TPSA) is 235 Å². The molecule has 0 aliphatic heterocycles. The summed E-state index contributed by atoms with van der Waals surface area (Å²) < 4.78 is 0. The number of hydrogen-bond acceptors (Lipinski definition) is 11. The van der Waals surface area contributed by atoms with Gasteiger partial charge >= 0.3 is 11.9 Å². The number of nitrogens with two attached hydrogens (primary N) is 1. The Kier molecular flexibility index (Phi) is 6.99. The fraction of sp³-hybridized carbons (Fsp3) is 0.190. The van der Waals surface area contributed by atoms with E-state index in [1.165, 1.54) is 29.3 Å². The molecule has 4 rings (SSSR count). The van der Waals surface area contributed by atoms with Crippen molar-refractivity contribution in [2.75, 3.05) is 10.7 Å². The fourth-order valence-electron chi connectivity index (χ4n) is 3.37. The van der Waals surface area contributed by atoms with E-state index in [-0.39, 0.29) is 35.6 Å². The van der Waals surface area contributed by atoms with Crippen LogP contribution < -0.4 is 21.6 Å². The van der Waals surface area contributed by atoms with Crippen molar-refractivity contribution in [3.8, 4) is 0 Å². The molecule has 0 saturated heterocycles. The lowest BCUT2D eigenvalue weighted by Crippen LogP contribution is -2.41. The Morgan fingerprint density at radius 3 is 2.57 bits per heavy atom. The van der Waals surface area contributed by atoms with Gasteiger partial charge in [0, 0.05) is 12.0 Å². The summed E-state index contributed by atoms with van der Waals surface area (Å²) in [7, 11) is 0. The molecule has 4 aromatic rings. The Hall–Kier alpha value is -5.41. The number of anilines is 2. The average Bonchev–Trinajstić information content (AvgIpc) is 3.39. The van der Waals surface area contributed by atoms with Gasteiger partial charge < -0.3 is 21.3 Å². The Morgan fingerprint density at radius 2 is 1.92 bits per heavy atom. The summed E-state index contributed by atoms with van der Waals surface area (Å²) in [5.74, 6) is -3.26. The molecular formula is C21H20N10O6. The van der Waals surface area contributed by atoms with E-state index in [0.29, 0.717) is 11.4 Å². The molecule has 0 unspecified atom stereocenters. The first-order valence-corrected chi connectivity index (χ1v) is 10.7. The van der Waals surface area contributed by atoms with Crippen LogP contribution >= 0.6 is 0 Å². The summed E-state index contributed by atoms with van der Waals surface area (Å²) in [6.45, 7) is 0.0952. The van der Waals surface area contributed by atoms with Gasteiger partial charge in [0.1, 0.15) is 6.04 Å². The van der Waals surface area contributed by atoms with Gasteiger partial charge in [-0.25, -0.2) is 14.8 Å². The minimum absolute atomic E-state index is 0.00754. The molecule has 1 atom stereocenters. The van der Waals surface area contributed by atoms with E-state index in [1.807, 2.05) is 0 Å². The lowest BCUT2D eigenvalue weighted by molar-refractivity contribution is -0.140. The number of hydrogen-bond donors (Lipinski definition) is 5. The van der Waals surface area contributed by atoms with Gasteiger partial charge in [0.25, 0.3) is 11.5 Å². The molecule has 37 heavy (non-hydrogen) atoms. The predicted octanol–water partition coefficient (Wildman–Crippen LogP) is -0.595. The lowest BCUT2D eigenvalue weighted by Gasteiger charge is -2.23. The minimum Gasteiger partial charge on any atom is -0.481 e. The van der Waals surface area contributed by atoms with Crippen LogP contribution in [-0.4, -0.2) is 69.1 Å². The molecule has 0 radical (unpaired) electrons. The predicted molar refractivity (Wildman–Crippen MR) is 126 cm³/mol. The SMILES string of the molecule is Nc1nc2ncc(CN(c3ccc(C(=O)N[C@@H](CCC(=O)O)C(=O)O)cc3)n3ccnn3)nc2c(=O)[nH]1. The van der Waals surface area contributed by atoms with Crippen molar-refractivity contribution in [3.05, 3.63) is 64.5 Å². The first kappa shape index (κ1) is 24.7. The van der Waals surface area contributed by atoms with Crippen molar-refractivity contribution in [1.82, 2.24) is 40.4 Å². The molecule has 0 spiro atoms. The molecule has 0 bridgehead atoms. The molecule has 16 nitrogen and oxygen atoms in total. The number of aromatic nitrogens is 7. The first-order valence-electron chi connectivity index (χ1n) is 10.7. The summed E-state index contributed by atoms with van der Waals surface area (Å²) >= 11 is 0. The fourth-order valence-corrected chi connectivity index (χ4v) is 3.37. The number of H-pyrrole nitrogens is 1. The normalized spacial score (nSPS) is 11.7. The van der Waals surface area contributed by atoms with Crippen molar-refractivity contribution in [1.29, 1.82) is 0 Å². The third kappa shape index (κ3) is 5.81. The maximum Gasteiger partial charge on any atom is 0.326 e. The number of aromatic amines is 1. The number of benzene rings is 1. The Balaban J connectivity index is 1.56. The number of fused-ring (bicyclic) bond motifs is 1. The van der Waals surface area contributed by atoms with Gasteiger partial charge in [0.05, 0.1) is 36.5 Å². The highest BCUT2D eigenvalue weighted by Crippen LogP contribution is 2.19. The van der Waals surface area contributed by atoms with Crippen LogP contribution in [0.25, 0.3) is 11.2 Å². The smallest absolute Gasteiger partial charge is 0.326 e. The monoisotopic (exact) mass is 508 g/mol. The van der Waals surface area contributed by atoms with Crippen LogP contribution in [0.3, 0.4) is 0 Å². The van der Waals surface area contributed by atoms with E-state index in [2.05, 4.69) is 35.6 Å².